The van der Waals surface area contributed by atoms with Crippen molar-refractivity contribution in [3.8, 4) is 5.88 Å². The van der Waals surface area contributed by atoms with Crippen LogP contribution >= 0.6 is 0 Å². The molecule has 7 nitrogen and oxygen atoms in total. The van der Waals surface area contributed by atoms with Crippen molar-refractivity contribution in [3.63, 3.8) is 0 Å². The Morgan fingerprint density at radius 2 is 2.20 bits per heavy atom. The fourth-order valence-corrected chi connectivity index (χ4v) is 6.41. The Bertz CT molecular complexity index is 844. The van der Waals surface area contributed by atoms with Gasteiger partial charge < -0.3 is 4.74 Å². The molecule has 2 saturated heterocycles. The third-order valence-electron chi connectivity index (χ3n) is 5.32. The largest absolute Gasteiger partial charge is 0.477 e. The number of likely N-dealkylation sites (tertiary alicyclic amines) is 1. The van der Waals surface area contributed by atoms with Crippen molar-refractivity contribution in [2.75, 3.05) is 25.4 Å². The van der Waals surface area contributed by atoms with Crippen LogP contribution in [0.3, 0.4) is 0 Å². The highest BCUT2D eigenvalue weighted by Gasteiger charge is 2.61. The molecule has 0 aliphatic carbocycles. The van der Waals surface area contributed by atoms with Gasteiger partial charge in [-0.2, -0.15) is 5.10 Å². The topological polar surface area (TPSA) is 77.3 Å². The van der Waals surface area contributed by atoms with Crippen LogP contribution in [0, 0.1) is 5.92 Å². The molecular weight excluding hydrogens is 340 g/mol. The van der Waals surface area contributed by atoms with Gasteiger partial charge in [-0.3, -0.25) is 9.58 Å². The second kappa shape index (κ2) is 6.10. The Morgan fingerprint density at radius 3 is 2.88 bits per heavy atom. The van der Waals surface area contributed by atoms with E-state index in [-0.39, 0.29) is 11.7 Å². The Balaban J connectivity index is 1.43. The maximum absolute atomic E-state index is 12.7. The van der Waals surface area contributed by atoms with Crippen molar-refractivity contribution in [3.05, 3.63) is 42.4 Å². The van der Waals surface area contributed by atoms with E-state index in [1.807, 2.05) is 31.6 Å². The molecule has 8 heteroatoms. The van der Waals surface area contributed by atoms with Gasteiger partial charge in [-0.25, -0.2) is 13.4 Å². The summed E-state index contributed by atoms with van der Waals surface area (Å²) >= 11 is 0. The molecule has 1 spiro atoms. The van der Waals surface area contributed by atoms with Crippen LogP contribution in [0.2, 0.25) is 0 Å². The lowest BCUT2D eigenvalue weighted by Crippen LogP contribution is -2.67. The zero-order valence-electron chi connectivity index (χ0n) is 14.2. The zero-order valence-corrected chi connectivity index (χ0v) is 15.0. The van der Waals surface area contributed by atoms with Crippen LogP contribution < -0.4 is 4.74 Å². The molecule has 4 rings (SSSR count). The lowest BCUT2D eigenvalue weighted by Gasteiger charge is -2.49. The van der Waals surface area contributed by atoms with Gasteiger partial charge in [-0.15, -0.1) is 0 Å². The van der Waals surface area contributed by atoms with Crippen molar-refractivity contribution in [2.24, 2.45) is 13.0 Å². The number of hydrogen-bond donors (Lipinski definition) is 0. The number of sulfone groups is 1. The van der Waals surface area contributed by atoms with Crippen molar-refractivity contribution < 1.29 is 13.2 Å². The molecule has 0 unspecified atom stereocenters. The van der Waals surface area contributed by atoms with Gasteiger partial charge in [-0.05, 0) is 12.5 Å². The monoisotopic (exact) mass is 362 g/mol. The second-order valence-corrected chi connectivity index (χ2v) is 9.47. The number of rotatable bonds is 5. The van der Waals surface area contributed by atoms with Crippen molar-refractivity contribution >= 4 is 9.84 Å². The first-order valence-electron chi connectivity index (χ1n) is 8.44. The van der Waals surface area contributed by atoms with E-state index < -0.39 is 14.6 Å². The van der Waals surface area contributed by atoms with E-state index in [1.165, 1.54) is 0 Å². The van der Waals surface area contributed by atoms with Crippen LogP contribution in [-0.2, 0) is 23.4 Å². The van der Waals surface area contributed by atoms with E-state index >= 15 is 0 Å². The molecule has 2 aromatic rings. The second-order valence-electron chi connectivity index (χ2n) is 7.02. The summed E-state index contributed by atoms with van der Waals surface area (Å²) in [5, 5.41) is 4.17. The van der Waals surface area contributed by atoms with Gasteiger partial charge in [0, 0.05) is 56.6 Å². The molecule has 0 amide bonds. The summed E-state index contributed by atoms with van der Waals surface area (Å²) in [6, 6.07) is 5.49. The summed E-state index contributed by atoms with van der Waals surface area (Å²) in [7, 11) is -1.20. The van der Waals surface area contributed by atoms with Gasteiger partial charge >= 0.3 is 0 Å². The molecule has 4 heterocycles. The Kier molecular flexibility index (Phi) is 4.04. The van der Waals surface area contributed by atoms with Crippen molar-refractivity contribution in [1.82, 2.24) is 19.7 Å². The minimum Gasteiger partial charge on any atom is -0.477 e. The molecule has 134 valence electrons. The Hall–Kier alpha value is -1.93. The summed E-state index contributed by atoms with van der Waals surface area (Å²) in [5.74, 6) is 0.822. The standard InChI is InChI=1S/C17H22N4O3S/c1-20-9-14(8-19-20)10-21-12-17(13-21)15(5-7-25(17,22)23)11-24-16-4-2-3-6-18-16/h2-4,6,8-9,15H,5,7,10-13H2,1H3/t15-/m0/s1. The number of aryl methyl sites for hydroxylation is 1. The van der Waals surface area contributed by atoms with Gasteiger partial charge in [0.15, 0.2) is 9.84 Å². The van der Waals surface area contributed by atoms with E-state index in [2.05, 4.69) is 15.0 Å². The van der Waals surface area contributed by atoms with Crippen LogP contribution in [0.15, 0.2) is 36.8 Å². The number of hydrogen-bond acceptors (Lipinski definition) is 6. The normalized spacial score (nSPS) is 24.3. The summed E-state index contributed by atoms with van der Waals surface area (Å²) in [6.45, 7) is 2.27. The summed E-state index contributed by atoms with van der Waals surface area (Å²) in [5.41, 5.74) is 1.11. The first-order chi connectivity index (χ1) is 12.0. The van der Waals surface area contributed by atoms with Crippen LogP contribution in [0.1, 0.15) is 12.0 Å². The van der Waals surface area contributed by atoms with E-state index in [0.717, 1.165) is 12.1 Å². The third-order valence-corrected chi connectivity index (χ3v) is 7.92. The van der Waals surface area contributed by atoms with Crippen molar-refractivity contribution in [1.29, 1.82) is 0 Å². The lowest BCUT2D eigenvalue weighted by molar-refractivity contribution is 0.0581. The lowest BCUT2D eigenvalue weighted by atomic mass is 9.83. The molecule has 2 aromatic heterocycles. The zero-order chi connectivity index (χ0) is 17.5. The van der Waals surface area contributed by atoms with E-state index in [0.29, 0.717) is 32.0 Å². The fraction of sp³-hybridized carbons (Fsp3) is 0.529. The molecule has 0 aromatic carbocycles. The smallest absolute Gasteiger partial charge is 0.213 e. The predicted octanol–water partition coefficient (Wildman–Crippen LogP) is 0.883. The molecule has 2 aliphatic heterocycles. The van der Waals surface area contributed by atoms with E-state index in [9.17, 15) is 8.42 Å². The Morgan fingerprint density at radius 1 is 1.36 bits per heavy atom. The Labute approximate surface area is 147 Å². The maximum atomic E-state index is 12.7. The molecule has 2 fully saturated rings. The fourth-order valence-electron chi connectivity index (χ4n) is 3.96. The van der Waals surface area contributed by atoms with E-state index in [4.69, 9.17) is 4.74 Å². The average Bonchev–Trinajstić information content (AvgIpc) is 3.08. The van der Waals surface area contributed by atoms with Crippen LogP contribution in [-0.4, -0.2) is 58.3 Å². The van der Waals surface area contributed by atoms with Gasteiger partial charge in [0.05, 0.1) is 18.6 Å². The maximum Gasteiger partial charge on any atom is 0.213 e. The number of pyridine rings is 1. The highest BCUT2D eigenvalue weighted by atomic mass is 32.2. The molecule has 0 N–H and O–H groups in total. The highest BCUT2D eigenvalue weighted by molar-refractivity contribution is 7.93. The molecule has 1 atom stereocenters. The van der Waals surface area contributed by atoms with Gasteiger partial charge in [0.1, 0.15) is 4.75 Å². The van der Waals surface area contributed by atoms with Crippen LogP contribution in [0.25, 0.3) is 0 Å². The first kappa shape index (κ1) is 16.5. The highest BCUT2D eigenvalue weighted by Crippen LogP contribution is 2.45. The first-order valence-corrected chi connectivity index (χ1v) is 10.1. The average molecular weight is 362 g/mol. The minimum absolute atomic E-state index is 0.0182. The molecule has 2 aliphatic rings. The SMILES string of the molecule is Cn1cc(CN2CC3(C2)[C@H](COc2ccccn2)CCS3(=O)=O)cn1. The number of nitrogens with zero attached hydrogens (tertiary/aromatic N) is 4. The third kappa shape index (κ3) is 2.93. The summed E-state index contributed by atoms with van der Waals surface area (Å²) < 4.78 is 32.2. The number of ether oxygens (including phenoxy) is 1. The quantitative estimate of drug-likeness (QED) is 0.786. The molecule has 0 bridgehead atoms. The van der Waals surface area contributed by atoms with Gasteiger partial charge in [0.25, 0.3) is 0 Å². The van der Waals surface area contributed by atoms with Gasteiger partial charge in [-0.1, -0.05) is 6.07 Å². The van der Waals surface area contributed by atoms with Crippen molar-refractivity contribution in [2.45, 2.75) is 17.7 Å². The summed E-state index contributed by atoms with van der Waals surface area (Å²) in [6.07, 6.45) is 6.14. The predicted molar refractivity (Wildman–Crippen MR) is 92.8 cm³/mol. The molecule has 0 radical (unpaired) electrons. The van der Waals surface area contributed by atoms with Gasteiger partial charge in [0.2, 0.25) is 5.88 Å². The van der Waals surface area contributed by atoms with Crippen LogP contribution in [0.4, 0.5) is 0 Å². The van der Waals surface area contributed by atoms with E-state index in [1.54, 1.807) is 16.9 Å². The minimum atomic E-state index is -3.09. The molecule has 25 heavy (non-hydrogen) atoms. The summed E-state index contributed by atoms with van der Waals surface area (Å²) in [4.78, 5) is 6.32. The number of aromatic nitrogens is 3. The molecule has 0 saturated carbocycles. The van der Waals surface area contributed by atoms with Crippen LogP contribution in [0.5, 0.6) is 5.88 Å². The molecular formula is C17H22N4O3S.